The van der Waals surface area contributed by atoms with Crippen molar-refractivity contribution in [2.24, 2.45) is 0 Å². The number of likely N-dealkylation sites (N-methyl/N-ethyl adjacent to an activating group) is 1. The normalized spacial score (nSPS) is 18.6. The Morgan fingerprint density at radius 1 is 1.07 bits per heavy atom. The highest BCUT2D eigenvalue weighted by atomic mass is 35.5. The van der Waals surface area contributed by atoms with E-state index in [1.54, 1.807) is 20.4 Å². The van der Waals surface area contributed by atoms with Crippen molar-refractivity contribution in [1.29, 1.82) is 0 Å². The fourth-order valence-electron chi connectivity index (χ4n) is 5.41. The van der Waals surface area contributed by atoms with E-state index in [0.29, 0.717) is 47.1 Å². The molecule has 42 heavy (non-hydrogen) atoms. The first-order chi connectivity index (χ1) is 19.6. The lowest BCUT2D eigenvalue weighted by atomic mass is 10.0. The van der Waals surface area contributed by atoms with E-state index >= 15 is 0 Å². The molecular formula is C29H33ClF3N5O3S. The van der Waals surface area contributed by atoms with Crippen LogP contribution >= 0.6 is 23.7 Å². The molecule has 1 fully saturated rings. The molecule has 5 rings (SSSR count). The lowest BCUT2D eigenvalue weighted by Gasteiger charge is -2.28. The van der Waals surface area contributed by atoms with Crippen LogP contribution in [0.4, 0.5) is 19.0 Å². The van der Waals surface area contributed by atoms with Gasteiger partial charge in [0.25, 0.3) is 5.88 Å². The third-order valence-corrected chi connectivity index (χ3v) is 8.59. The molecule has 1 aliphatic rings. The summed E-state index contributed by atoms with van der Waals surface area (Å²) in [7, 11) is 4.96. The Bertz CT molecular complexity index is 1540. The predicted molar refractivity (Wildman–Crippen MR) is 160 cm³/mol. The highest BCUT2D eigenvalue weighted by Gasteiger charge is 2.37. The van der Waals surface area contributed by atoms with Crippen LogP contribution in [-0.4, -0.2) is 65.7 Å². The summed E-state index contributed by atoms with van der Waals surface area (Å²) in [5, 5.41) is 15.1. The van der Waals surface area contributed by atoms with Crippen molar-refractivity contribution in [3.8, 4) is 22.8 Å². The van der Waals surface area contributed by atoms with Crippen LogP contribution in [0, 0.1) is 6.92 Å². The fraction of sp³-hybridized carbons (Fsp3) is 0.414. The molecule has 1 saturated carbocycles. The molecule has 2 N–H and O–H groups in total. The van der Waals surface area contributed by atoms with E-state index in [2.05, 4.69) is 39.3 Å². The Balaban J connectivity index is 0.00000405. The number of nitrogens with one attached hydrogen (secondary N) is 1. The van der Waals surface area contributed by atoms with Crippen LogP contribution in [0.25, 0.3) is 21.3 Å². The van der Waals surface area contributed by atoms with Crippen LogP contribution in [-0.2, 0) is 13.0 Å². The lowest BCUT2D eigenvalue weighted by molar-refractivity contribution is -0.126. The zero-order chi connectivity index (χ0) is 29.3. The number of rotatable bonds is 9. The smallest absolute Gasteiger partial charge is 0.393 e. The molecule has 4 aromatic rings. The SMILES string of the molecule is COc1cc(-c2ccc(CN[C@H]3C[C@@H](O)[C@@H](N(C)c4ncnc5sc(CC(F)(F)F)cc45)C3)c(C)c2)cnc1OC.Cl. The minimum absolute atomic E-state index is 0. The van der Waals surface area contributed by atoms with Gasteiger partial charge in [-0.2, -0.15) is 13.2 Å². The number of thiophene rings is 1. The van der Waals surface area contributed by atoms with Crippen LogP contribution in [0.15, 0.2) is 42.9 Å². The van der Waals surface area contributed by atoms with Crippen molar-refractivity contribution in [1.82, 2.24) is 20.3 Å². The molecule has 13 heteroatoms. The highest BCUT2D eigenvalue weighted by molar-refractivity contribution is 7.18. The first-order valence-corrected chi connectivity index (χ1v) is 14.0. The van der Waals surface area contributed by atoms with E-state index in [4.69, 9.17) is 9.47 Å². The van der Waals surface area contributed by atoms with Gasteiger partial charge in [-0.05, 0) is 48.6 Å². The molecule has 0 radical (unpaired) electrons. The zero-order valence-corrected chi connectivity index (χ0v) is 25.2. The number of halogens is 4. The first-order valence-electron chi connectivity index (χ1n) is 13.2. The molecule has 0 unspecified atom stereocenters. The minimum Gasteiger partial charge on any atom is -0.491 e. The van der Waals surface area contributed by atoms with Crippen molar-refractivity contribution >= 4 is 39.8 Å². The van der Waals surface area contributed by atoms with Gasteiger partial charge in [0, 0.05) is 36.3 Å². The van der Waals surface area contributed by atoms with Gasteiger partial charge in [0.15, 0.2) is 5.75 Å². The molecule has 1 aliphatic carbocycles. The van der Waals surface area contributed by atoms with Gasteiger partial charge in [-0.25, -0.2) is 15.0 Å². The average molecular weight is 624 g/mol. The third-order valence-electron chi connectivity index (χ3n) is 7.55. The summed E-state index contributed by atoms with van der Waals surface area (Å²) in [5.41, 5.74) is 4.19. The van der Waals surface area contributed by atoms with Crippen molar-refractivity contribution in [3.05, 3.63) is 58.9 Å². The largest absolute Gasteiger partial charge is 0.491 e. The fourth-order valence-corrected chi connectivity index (χ4v) is 6.43. The Kier molecular flexibility index (Phi) is 9.81. The average Bonchev–Trinajstić information content (AvgIpc) is 3.52. The number of fused-ring (bicyclic) bond motifs is 1. The number of methoxy groups -OCH3 is 2. The molecule has 0 spiro atoms. The number of alkyl halides is 3. The molecule has 0 saturated heterocycles. The molecule has 3 heterocycles. The monoisotopic (exact) mass is 623 g/mol. The predicted octanol–water partition coefficient (Wildman–Crippen LogP) is 5.72. The van der Waals surface area contributed by atoms with Gasteiger partial charge in [-0.15, -0.1) is 23.7 Å². The Morgan fingerprint density at radius 3 is 2.55 bits per heavy atom. The molecule has 0 bridgehead atoms. The van der Waals surface area contributed by atoms with Crippen molar-refractivity contribution in [2.75, 3.05) is 26.2 Å². The number of hydrogen-bond acceptors (Lipinski definition) is 9. The number of pyridine rings is 1. The van der Waals surface area contributed by atoms with Gasteiger partial charge in [0.1, 0.15) is 17.0 Å². The molecule has 3 aromatic heterocycles. The van der Waals surface area contributed by atoms with Gasteiger partial charge in [0.05, 0.1) is 38.2 Å². The van der Waals surface area contributed by atoms with Crippen LogP contribution in [0.5, 0.6) is 11.6 Å². The van der Waals surface area contributed by atoms with Crippen LogP contribution in [0.2, 0.25) is 0 Å². The number of ether oxygens (including phenoxy) is 2. The maximum atomic E-state index is 12.9. The van der Waals surface area contributed by atoms with Gasteiger partial charge in [0.2, 0.25) is 0 Å². The van der Waals surface area contributed by atoms with E-state index in [-0.39, 0.29) is 29.4 Å². The summed E-state index contributed by atoms with van der Waals surface area (Å²) in [5.74, 6) is 1.53. The standard InChI is InChI=1S/C29H32F3N5O3S.ClH/c1-16-7-17(19-8-25(39-3)27(40-4)34-14-19)5-6-18(16)13-33-20-9-23(24(38)10-20)37(2)26-22-11-21(12-29(30,31)32)41-28(22)36-15-35-26;/h5-8,11,14-15,20,23-24,33,38H,9-10,12-13H2,1-4H3;1H/t20-,23+,24-;/m1./s1. The molecule has 0 aliphatic heterocycles. The maximum Gasteiger partial charge on any atom is 0.393 e. The lowest BCUT2D eigenvalue weighted by Crippen LogP contribution is -2.38. The van der Waals surface area contributed by atoms with Gasteiger partial charge >= 0.3 is 6.18 Å². The minimum atomic E-state index is -4.29. The summed E-state index contributed by atoms with van der Waals surface area (Å²) in [6.07, 6.45) is -1.57. The van der Waals surface area contributed by atoms with E-state index in [9.17, 15) is 18.3 Å². The van der Waals surface area contributed by atoms with Gasteiger partial charge in [-0.1, -0.05) is 18.2 Å². The molecule has 3 atom stereocenters. The van der Waals surface area contributed by atoms with Crippen molar-refractivity contribution in [2.45, 2.75) is 57.1 Å². The summed E-state index contributed by atoms with van der Waals surface area (Å²) in [6.45, 7) is 2.69. The van der Waals surface area contributed by atoms with Crippen LogP contribution < -0.4 is 19.7 Å². The van der Waals surface area contributed by atoms with E-state index < -0.39 is 18.7 Å². The third kappa shape index (κ3) is 6.88. The van der Waals surface area contributed by atoms with Crippen LogP contribution in [0.3, 0.4) is 0 Å². The number of hydrogen-bond donors (Lipinski definition) is 2. The number of aliphatic hydroxyl groups is 1. The Hall–Kier alpha value is -3.19. The quantitative estimate of drug-likeness (QED) is 0.245. The van der Waals surface area contributed by atoms with Crippen molar-refractivity contribution in [3.63, 3.8) is 0 Å². The number of anilines is 1. The van der Waals surface area contributed by atoms with E-state index in [1.807, 2.05) is 24.1 Å². The summed E-state index contributed by atoms with van der Waals surface area (Å²) in [6, 6.07) is 9.46. The summed E-state index contributed by atoms with van der Waals surface area (Å²) >= 11 is 1.02. The summed E-state index contributed by atoms with van der Waals surface area (Å²) in [4.78, 5) is 15.4. The second-order valence-corrected chi connectivity index (χ2v) is 11.4. The maximum absolute atomic E-state index is 12.9. The number of aliphatic hydroxyl groups excluding tert-OH is 1. The number of aromatic nitrogens is 3. The first kappa shape index (κ1) is 31.7. The molecule has 226 valence electrons. The molecule has 8 nitrogen and oxygen atoms in total. The van der Waals surface area contributed by atoms with Gasteiger partial charge < -0.3 is 24.8 Å². The number of benzene rings is 1. The van der Waals surface area contributed by atoms with E-state index in [1.165, 1.54) is 12.4 Å². The second kappa shape index (κ2) is 13.0. The second-order valence-electron chi connectivity index (χ2n) is 10.3. The highest BCUT2D eigenvalue weighted by Crippen LogP contribution is 2.36. The van der Waals surface area contributed by atoms with Crippen LogP contribution in [0.1, 0.15) is 28.8 Å². The Labute approximate surface area is 252 Å². The van der Waals surface area contributed by atoms with Crippen molar-refractivity contribution < 1.29 is 27.8 Å². The number of nitrogens with zero attached hydrogens (tertiary/aromatic N) is 4. The molecule has 1 aromatic carbocycles. The molecule has 0 amide bonds. The Morgan fingerprint density at radius 2 is 1.86 bits per heavy atom. The van der Waals surface area contributed by atoms with E-state index in [0.717, 1.165) is 33.6 Å². The molecular weight excluding hydrogens is 591 g/mol. The topological polar surface area (TPSA) is 92.6 Å². The summed E-state index contributed by atoms with van der Waals surface area (Å²) < 4.78 is 49.5. The number of aryl methyl sites for hydroxylation is 1. The van der Waals surface area contributed by atoms with Gasteiger partial charge in [-0.3, -0.25) is 0 Å². The zero-order valence-electron chi connectivity index (χ0n) is 23.6.